The number of aliphatic hydroxyl groups excluding tert-OH is 1. The molecule has 4 heterocycles. The summed E-state index contributed by atoms with van der Waals surface area (Å²) in [5, 5.41) is 9.21. The maximum atomic E-state index is 14.0. The molecule has 5 rings (SSSR count). The minimum Gasteiger partial charge on any atom is -0.395 e. The van der Waals surface area contributed by atoms with Gasteiger partial charge in [-0.3, -0.25) is 9.47 Å². The van der Waals surface area contributed by atoms with E-state index in [1.54, 1.807) is 24.3 Å². The summed E-state index contributed by atoms with van der Waals surface area (Å²) in [7, 11) is 0. The number of hydrogen-bond acceptors (Lipinski definition) is 9. The van der Waals surface area contributed by atoms with Gasteiger partial charge in [0.05, 0.1) is 30.9 Å². The summed E-state index contributed by atoms with van der Waals surface area (Å²) in [4.78, 5) is 24.3. The topological polar surface area (TPSA) is 95.7 Å². The summed E-state index contributed by atoms with van der Waals surface area (Å²) in [5.74, 6) is 0.620. The van der Waals surface area contributed by atoms with Crippen LogP contribution in [0.3, 0.4) is 0 Å². The molecule has 0 aliphatic carbocycles. The van der Waals surface area contributed by atoms with Crippen molar-refractivity contribution in [2.45, 2.75) is 6.43 Å². The van der Waals surface area contributed by atoms with Crippen LogP contribution in [0, 0.1) is 0 Å². The second-order valence-electron chi connectivity index (χ2n) is 7.98. The molecule has 2 aliphatic rings. The number of fused-ring (bicyclic) bond motifs is 1. The summed E-state index contributed by atoms with van der Waals surface area (Å²) < 4.78 is 34.7. The lowest BCUT2D eigenvalue weighted by atomic mass is 10.3. The number of aliphatic hydroxyl groups is 1. The summed E-state index contributed by atoms with van der Waals surface area (Å²) >= 11 is 0. The molecule has 1 aromatic carbocycles. The minimum absolute atomic E-state index is 0.112. The van der Waals surface area contributed by atoms with Gasteiger partial charge in [-0.1, -0.05) is 12.1 Å². The van der Waals surface area contributed by atoms with Gasteiger partial charge in [0.15, 0.2) is 5.82 Å². The fourth-order valence-corrected chi connectivity index (χ4v) is 4.20. The summed E-state index contributed by atoms with van der Waals surface area (Å²) in [6.07, 6.45) is -2.79. The van der Waals surface area contributed by atoms with Gasteiger partial charge in [0.1, 0.15) is 0 Å². The zero-order valence-corrected chi connectivity index (χ0v) is 18.1. The Hall–Kier alpha value is -2.96. The molecule has 0 saturated carbocycles. The molecule has 2 aromatic heterocycles. The van der Waals surface area contributed by atoms with Gasteiger partial charge in [0.25, 0.3) is 6.43 Å². The molecule has 2 saturated heterocycles. The van der Waals surface area contributed by atoms with Crippen molar-refractivity contribution in [2.75, 3.05) is 75.4 Å². The first kappa shape index (κ1) is 21.9. The number of nitrogens with zero attached hydrogens (tertiary/aromatic N) is 8. The van der Waals surface area contributed by atoms with Crippen molar-refractivity contribution in [3.63, 3.8) is 0 Å². The van der Waals surface area contributed by atoms with Crippen LogP contribution in [0.4, 0.5) is 20.7 Å². The molecule has 12 heteroatoms. The van der Waals surface area contributed by atoms with E-state index < -0.39 is 12.2 Å². The molecule has 0 amide bonds. The fraction of sp³-hybridized carbons (Fsp3) is 0.524. The SMILES string of the molecule is OCCN1CCN(c2nc(N3CCOCC3)nc(-n3c(C(F)F)nc4ccccc43)n2)CC1. The second kappa shape index (κ2) is 9.49. The Morgan fingerprint density at radius 3 is 2.15 bits per heavy atom. The number of anilines is 2. The van der Waals surface area contributed by atoms with Crippen LogP contribution in [-0.4, -0.2) is 100 Å². The van der Waals surface area contributed by atoms with Crippen molar-refractivity contribution >= 4 is 22.9 Å². The molecule has 3 aromatic rings. The molecule has 0 unspecified atom stereocenters. The van der Waals surface area contributed by atoms with Gasteiger partial charge in [-0.2, -0.15) is 15.0 Å². The Bertz CT molecular complexity index is 1100. The summed E-state index contributed by atoms with van der Waals surface area (Å²) in [5.41, 5.74) is 0.978. The van der Waals surface area contributed by atoms with E-state index in [0.29, 0.717) is 68.9 Å². The van der Waals surface area contributed by atoms with Crippen molar-refractivity contribution in [2.24, 2.45) is 0 Å². The van der Waals surface area contributed by atoms with E-state index >= 15 is 0 Å². The summed E-state index contributed by atoms with van der Waals surface area (Å²) in [6, 6.07) is 6.97. The average Bonchev–Trinajstić information content (AvgIpc) is 3.25. The zero-order chi connectivity index (χ0) is 22.8. The van der Waals surface area contributed by atoms with E-state index in [1.807, 2.05) is 9.80 Å². The molecule has 0 bridgehead atoms. The minimum atomic E-state index is -2.79. The van der Waals surface area contributed by atoms with Crippen LogP contribution in [0.25, 0.3) is 17.0 Å². The van der Waals surface area contributed by atoms with Crippen LogP contribution in [0.5, 0.6) is 0 Å². The molecular formula is C21H26F2N8O2. The maximum Gasteiger partial charge on any atom is 0.296 e. The normalized spacial score (nSPS) is 17.9. The lowest BCUT2D eigenvalue weighted by Crippen LogP contribution is -2.48. The van der Waals surface area contributed by atoms with Gasteiger partial charge in [0, 0.05) is 45.8 Å². The van der Waals surface area contributed by atoms with Crippen molar-refractivity contribution in [3.05, 3.63) is 30.1 Å². The number of rotatable bonds is 6. The van der Waals surface area contributed by atoms with E-state index in [4.69, 9.17) is 9.72 Å². The Morgan fingerprint density at radius 1 is 0.848 bits per heavy atom. The highest BCUT2D eigenvalue weighted by atomic mass is 19.3. The molecular weight excluding hydrogens is 434 g/mol. The van der Waals surface area contributed by atoms with Crippen molar-refractivity contribution in [3.8, 4) is 5.95 Å². The molecule has 2 aliphatic heterocycles. The fourth-order valence-electron chi connectivity index (χ4n) is 4.20. The molecule has 0 spiro atoms. The number of alkyl halides is 2. The van der Waals surface area contributed by atoms with Gasteiger partial charge in [-0.05, 0) is 12.1 Å². The quantitative estimate of drug-likeness (QED) is 0.580. The molecule has 10 nitrogen and oxygen atoms in total. The molecule has 33 heavy (non-hydrogen) atoms. The number of para-hydroxylation sites is 2. The third kappa shape index (κ3) is 4.45. The number of β-amino-alcohol motifs (C(OH)–C–C–N with tert-alkyl or cyclic N) is 1. The molecule has 0 atom stereocenters. The maximum absolute atomic E-state index is 14.0. The van der Waals surface area contributed by atoms with E-state index in [-0.39, 0.29) is 12.6 Å². The van der Waals surface area contributed by atoms with Crippen LogP contribution in [-0.2, 0) is 4.74 Å². The third-order valence-electron chi connectivity index (χ3n) is 5.95. The average molecular weight is 460 g/mol. The largest absolute Gasteiger partial charge is 0.395 e. The van der Waals surface area contributed by atoms with Crippen molar-refractivity contribution in [1.29, 1.82) is 0 Å². The van der Waals surface area contributed by atoms with Crippen LogP contribution in [0.2, 0.25) is 0 Å². The van der Waals surface area contributed by atoms with Crippen molar-refractivity contribution in [1.82, 2.24) is 29.4 Å². The van der Waals surface area contributed by atoms with Gasteiger partial charge < -0.3 is 19.6 Å². The third-order valence-corrected chi connectivity index (χ3v) is 5.95. The van der Waals surface area contributed by atoms with E-state index in [0.717, 1.165) is 13.1 Å². The highest BCUT2D eigenvalue weighted by Gasteiger charge is 2.26. The van der Waals surface area contributed by atoms with Crippen LogP contribution in [0.1, 0.15) is 12.2 Å². The number of piperazine rings is 1. The van der Waals surface area contributed by atoms with Gasteiger partial charge >= 0.3 is 0 Å². The van der Waals surface area contributed by atoms with E-state index in [9.17, 15) is 13.9 Å². The first-order valence-electron chi connectivity index (χ1n) is 11.1. The number of benzene rings is 1. The Balaban J connectivity index is 1.58. The Morgan fingerprint density at radius 2 is 1.48 bits per heavy atom. The molecule has 0 radical (unpaired) electrons. The lowest BCUT2D eigenvalue weighted by molar-refractivity contribution is 0.122. The number of ether oxygens (including phenoxy) is 1. The monoisotopic (exact) mass is 460 g/mol. The Kier molecular flexibility index (Phi) is 6.29. The van der Waals surface area contributed by atoms with Crippen LogP contribution < -0.4 is 9.80 Å². The Labute approximate surface area is 189 Å². The standard InChI is InChI=1S/C21H26F2N8O2/c22-17(23)18-24-15-3-1-2-4-16(15)31(18)21-26-19(29-7-5-28(6-8-29)9-12-32)25-20(27-21)30-10-13-33-14-11-30/h1-4,17,32H,5-14H2. The first-order valence-corrected chi connectivity index (χ1v) is 11.1. The highest BCUT2D eigenvalue weighted by Crippen LogP contribution is 2.28. The number of morpholine rings is 1. The van der Waals surface area contributed by atoms with Crippen LogP contribution >= 0.6 is 0 Å². The van der Waals surface area contributed by atoms with Gasteiger partial charge in [0.2, 0.25) is 17.8 Å². The van der Waals surface area contributed by atoms with Gasteiger partial charge in [-0.15, -0.1) is 0 Å². The number of hydrogen-bond donors (Lipinski definition) is 1. The van der Waals surface area contributed by atoms with Gasteiger partial charge in [-0.25, -0.2) is 13.8 Å². The number of imidazole rings is 1. The second-order valence-corrected chi connectivity index (χ2v) is 7.98. The molecule has 176 valence electrons. The predicted molar refractivity (Wildman–Crippen MR) is 118 cm³/mol. The van der Waals surface area contributed by atoms with Crippen molar-refractivity contribution < 1.29 is 18.6 Å². The molecule has 2 fully saturated rings. The lowest BCUT2D eigenvalue weighted by Gasteiger charge is -2.35. The smallest absolute Gasteiger partial charge is 0.296 e. The van der Waals surface area contributed by atoms with E-state index in [2.05, 4.69) is 19.9 Å². The number of halogens is 2. The molecule has 1 N–H and O–H groups in total. The zero-order valence-electron chi connectivity index (χ0n) is 18.1. The predicted octanol–water partition coefficient (Wildman–Crippen LogP) is 1.10. The highest BCUT2D eigenvalue weighted by molar-refractivity contribution is 5.77. The van der Waals surface area contributed by atoms with E-state index in [1.165, 1.54) is 4.57 Å². The van der Waals surface area contributed by atoms with Crippen LogP contribution in [0.15, 0.2) is 24.3 Å². The summed E-state index contributed by atoms with van der Waals surface area (Å²) in [6.45, 7) is 5.89. The number of aromatic nitrogens is 5. The first-order chi connectivity index (χ1) is 16.1.